The highest BCUT2D eigenvalue weighted by molar-refractivity contribution is 5.90. The Balaban J connectivity index is 2.46. The molecule has 1 heterocycles. The van der Waals surface area contributed by atoms with Crippen LogP contribution in [0.25, 0.3) is 0 Å². The fraction of sp³-hybridized carbons (Fsp3) is 0.188. The van der Waals surface area contributed by atoms with Crippen LogP contribution in [0.4, 0.5) is 11.5 Å². The Morgan fingerprint density at radius 3 is 2.57 bits per heavy atom. The lowest BCUT2D eigenvalue weighted by Crippen LogP contribution is -2.04. The fourth-order valence-electron chi connectivity index (χ4n) is 2.14. The van der Waals surface area contributed by atoms with E-state index in [-0.39, 0.29) is 5.56 Å². The number of nitriles is 1. The molecule has 0 atom stereocenters. The lowest BCUT2D eigenvalue weighted by molar-refractivity contribution is 0.0696. The Hall–Kier alpha value is -2.87. The highest BCUT2D eigenvalue weighted by Crippen LogP contribution is 2.23. The molecule has 0 unspecified atom stereocenters. The largest absolute Gasteiger partial charge is 0.478 e. The number of aryl methyl sites for hydroxylation is 3. The van der Waals surface area contributed by atoms with Crippen LogP contribution < -0.4 is 5.32 Å². The number of carboxylic acid groups (broad SMARTS) is 1. The molecule has 0 saturated carbocycles. The Labute approximate surface area is 122 Å². The van der Waals surface area contributed by atoms with E-state index in [1.807, 2.05) is 19.9 Å². The number of anilines is 2. The summed E-state index contributed by atoms with van der Waals surface area (Å²) in [5, 5.41) is 21.4. The molecule has 0 saturated heterocycles. The van der Waals surface area contributed by atoms with Crippen molar-refractivity contribution < 1.29 is 9.90 Å². The molecule has 5 nitrogen and oxygen atoms in total. The van der Waals surface area contributed by atoms with E-state index in [4.69, 9.17) is 5.11 Å². The van der Waals surface area contributed by atoms with E-state index in [2.05, 4.69) is 16.4 Å². The summed E-state index contributed by atoms with van der Waals surface area (Å²) in [4.78, 5) is 15.5. The van der Waals surface area contributed by atoms with Gasteiger partial charge in [0.1, 0.15) is 11.9 Å². The zero-order chi connectivity index (χ0) is 15.6. The maximum Gasteiger partial charge on any atom is 0.336 e. The molecular weight excluding hydrogens is 266 g/mol. The van der Waals surface area contributed by atoms with Gasteiger partial charge in [0.2, 0.25) is 0 Å². The summed E-state index contributed by atoms with van der Waals surface area (Å²) in [7, 11) is 0. The number of hydrogen-bond donors (Lipinski definition) is 2. The first kappa shape index (κ1) is 14.5. The van der Waals surface area contributed by atoms with Crippen LogP contribution >= 0.6 is 0 Å². The number of hydrogen-bond acceptors (Lipinski definition) is 4. The summed E-state index contributed by atoms with van der Waals surface area (Å²) in [5.41, 5.74) is 3.58. The summed E-state index contributed by atoms with van der Waals surface area (Å²) in [6.45, 7) is 5.43. The molecule has 0 fully saturated rings. The van der Waals surface area contributed by atoms with E-state index in [1.54, 1.807) is 19.1 Å². The smallest absolute Gasteiger partial charge is 0.336 e. The van der Waals surface area contributed by atoms with Crippen molar-refractivity contribution in [1.29, 1.82) is 5.26 Å². The van der Waals surface area contributed by atoms with Crippen molar-refractivity contribution in [3.05, 3.63) is 52.2 Å². The van der Waals surface area contributed by atoms with Gasteiger partial charge in [0.25, 0.3) is 0 Å². The predicted octanol–water partition coefficient (Wildman–Crippen LogP) is 3.32. The minimum Gasteiger partial charge on any atom is -0.478 e. The zero-order valence-corrected chi connectivity index (χ0v) is 12.1. The van der Waals surface area contributed by atoms with Gasteiger partial charge >= 0.3 is 5.97 Å². The Morgan fingerprint density at radius 2 is 1.95 bits per heavy atom. The van der Waals surface area contributed by atoms with Crippen molar-refractivity contribution in [2.75, 3.05) is 5.32 Å². The van der Waals surface area contributed by atoms with Crippen molar-refractivity contribution in [2.24, 2.45) is 0 Å². The van der Waals surface area contributed by atoms with Crippen LogP contribution in [-0.2, 0) is 0 Å². The van der Waals surface area contributed by atoms with Gasteiger partial charge in [-0.15, -0.1) is 0 Å². The average molecular weight is 281 g/mol. The van der Waals surface area contributed by atoms with Crippen LogP contribution in [0.3, 0.4) is 0 Å². The van der Waals surface area contributed by atoms with E-state index in [0.717, 1.165) is 11.3 Å². The van der Waals surface area contributed by atoms with E-state index in [1.165, 1.54) is 6.07 Å². The summed E-state index contributed by atoms with van der Waals surface area (Å²) in [5.74, 6) is -0.541. The Morgan fingerprint density at radius 1 is 1.24 bits per heavy atom. The first-order chi connectivity index (χ1) is 9.92. The van der Waals surface area contributed by atoms with Gasteiger partial charge in [-0.05, 0) is 50.1 Å². The minimum atomic E-state index is -0.981. The monoisotopic (exact) mass is 281 g/mol. The molecule has 0 spiro atoms. The molecule has 1 aromatic carbocycles. The first-order valence-electron chi connectivity index (χ1n) is 6.41. The van der Waals surface area contributed by atoms with Crippen molar-refractivity contribution in [1.82, 2.24) is 4.98 Å². The highest BCUT2D eigenvalue weighted by Gasteiger charge is 2.11. The lowest BCUT2D eigenvalue weighted by Gasteiger charge is -2.11. The highest BCUT2D eigenvalue weighted by atomic mass is 16.4. The minimum absolute atomic E-state index is 0.225. The number of pyridine rings is 1. The molecule has 2 N–H and O–H groups in total. The second kappa shape index (κ2) is 5.63. The molecule has 0 amide bonds. The second-order valence-electron chi connectivity index (χ2n) is 4.88. The average Bonchev–Trinajstić information content (AvgIpc) is 2.40. The van der Waals surface area contributed by atoms with Gasteiger partial charge in [0.15, 0.2) is 0 Å². The van der Waals surface area contributed by atoms with Crippen LogP contribution in [0, 0.1) is 32.1 Å². The van der Waals surface area contributed by atoms with Gasteiger partial charge in [-0.3, -0.25) is 0 Å². The van der Waals surface area contributed by atoms with Gasteiger partial charge in [-0.1, -0.05) is 6.07 Å². The molecule has 5 heteroatoms. The van der Waals surface area contributed by atoms with Gasteiger partial charge in [-0.2, -0.15) is 5.26 Å². The van der Waals surface area contributed by atoms with E-state index in [0.29, 0.717) is 22.6 Å². The number of rotatable bonds is 3. The number of benzene rings is 1. The normalized spacial score (nSPS) is 10.0. The third kappa shape index (κ3) is 3.00. The molecule has 2 rings (SSSR count). The molecule has 0 aliphatic rings. The number of carbonyl (C=O) groups is 1. The number of aromatic nitrogens is 1. The molecule has 106 valence electrons. The Bertz CT molecular complexity index is 761. The summed E-state index contributed by atoms with van der Waals surface area (Å²) in [6.07, 6.45) is 0. The number of carboxylic acids is 1. The summed E-state index contributed by atoms with van der Waals surface area (Å²) < 4.78 is 0. The van der Waals surface area contributed by atoms with Crippen molar-refractivity contribution in [2.45, 2.75) is 20.8 Å². The second-order valence-corrected chi connectivity index (χ2v) is 4.88. The number of nitrogens with one attached hydrogen (secondary N) is 1. The molecule has 21 heavy (non-hydrogen) atoms. The third-order valence-corrected chi connectivity index (χ3v) is 3.19. The van der Waals surface area contributed by atoms with E-state index in [9.17, 15) is 10.1 Å². The molecule has 0 radical (unpaired) electrons. The van der Waals surface area contributed by atoms with Crippen LogP contribution in [0.1, 0.15) is 32.7 Å². The van der Waals surface area contributed by atoms with Gasteiger partial charge in [-0.25, -0.2) is 9.78 Å². The van der Waals surface area contributed by atoms with Gasteiger partial charge < -0.3 is 10.4 Å². The molecule has 0 aliphatic heterocycles. The standard InChI is InChI=1S/C16H15N3O2/c1-9-4-5-12(7-13(9)16(20)21)19-15-14(8-17)10(2)6-11(3)18-15/h4-7H,1-3H3,(H,18,19)(H,20,21). The SMILES string of the molecule is Cc1cc(C)c(C#N)c(Nc2ccc(C)c(C(=O)O)c2)n1. The van der Waals surface area contributed by atoms with Gasteiger partial charge in [0, 0.05) is 11.4 Å². The zero-order valence-electron chi connectivity index (χ0n) is 12.1. The first-order valence-corrected chi connectivity index (χ1v) is 6.41. The van der Waals surface area contributed by atoms with E-state index >= 15 is 0 Å². The van der Waals surface area contributed by atoms with Crippen molar-refractivity contribution in [3.63, 3.8) is 0 Å². The fourth-order valence-corrected chi connectivity index (χ4v) is 2.14. The van der Waals surface area contributed by atoms with Crippen molar-refractivity contribution >= 4 is 17.5 Å². The van der Waals surface area contributed by atoms with Crippen molar-refractivity contribution in [3.8, 4) is 6.07 Å². The molecule has 0 bridgehead atoms. The van der Waals surface area contributed by atoms with Crippen LogP contribution in [0.15, 0.2) is 24.3 Å². The quantitative estimate of drug-likeness (QED) is 0.901. The third-order valence-electron chi connectivity index (χ3n) is 3.19. The van der Waals surface area contributed by atoms with Crippen LogP contribution in [0.2, 0.25) is 0 Å². The van der Waals surface area contributed by atoms with Crippen LogP contribution in [0.5, 0.6) is 0 Å². The van der Waals surface area contributed by atoms with Crippen LogP contribution in [-0.4, -0.2) is 16.1 Å². The van der Waals surface area contributed by atoms with Gasteiger partial charge in [0.05, 0.1) is 11.1 Å². The Kier molecular flexibility index (Phi) is 3.90. The van der Waals surface area contributed by atoms with E-state index < -0.39 is 5.97 Å². The molecule has 0 aliphatic carbocycles. The maximum absolute atomic E-state index is 11.2. The maximum atomic E-state index is 11.2. The summed E-state index contributed by atoms with van der Waals surface area (Å²) >= 11 is 0. The molecular formula is C16H15N3O2. The number of aromatic carboxylic acids is 1. The number of nitrogens with zero attached hydrogens (tertiary/aromatic N) is 2. The molecule has 1 aromatic heterocycles. The lowest BCUT2D eigenvalue weighted by atomic mass is 10.1. The molecule has 2 aromatic rings. The summed E-state index contributed by atoms with van der Waals surface area (Å²) in [6, 6.07) is 8.98. The predicted molar refractivity (Wildman–Crippen MR) is 79.8 cm³/mol. The topological polar surface area (TPSA) is 86.0 Å².